The number of hydrazone groups is 1. The molecule has 0 spiro atoms. The van der Waals surface area contributed by atoms with Crippen molar-refractivity contribution in [2.24, 2.45) is 5.10 Å². The molecule has 0 bridgehead atoms. The largest absolute Gasteiger partial charge is 0.488 e. The normalized spacial score (nSPS) is 10.8. The number of hydrogen-bond donors (Lipinski definition) is 1. The molecule has 0 aliphatic rings. The van der Waals surface area contributed by atoms with E-state index in [0.29, 0.717) is 11.7 Å². The van der Waals surface area contributed by atoms with Crippen molar-refractivity contribution in [2.45, 2.75) is 6.61 Å². The van der Waals surface area contributed by atoms with Crippen molar-refractivity contribution in [3.05, 3.63) is 105 Å². The van der Waals surface area contributed by atoms with Gasteiger partial charge in [-0.2, -0.15) is 5.10 Å². The van der Waals surface area contributed by atoms with Gasteiger partial charge in [0.1, 0.15) is 12.4 Å². The maximum atomic E-state index is 10.8. The van der Waals surface area contributed by atoms with Gasteiger partial charge in [-0.25, -0.2) is 4.98 Å². The molecule has 4 rings (SSSR count). The molecule has 0 unspecified atom stereocenters. The van der Waals surface area contributed by atoms with Crippen molar-refractivity contribution in [2.75, 3.05) is 5.43 Å². The van der Waals surface area contributed by atoms with E-state index < -0.39 is 4.92 Å². The van der Waals surface area contributed by atoms with Gasteiger partial charge in [0.05, 0.1) is 16.8 Å². The second-order valence-corrected chi connectivity index (χ2v) is 7.38. The quantitative estimate of drug-likeness (QED) is 0.219. The first-order valence-electron chi connectivity index (χ1n) is 9.44. The van der Waals surface area contributed by atoms with E-state index in [-0.39, 0.29) is 5.69 Å². The number of rotatable bonds is 8. The van der Waals surface area contributed by atoms with E-state index in [1.807, 2.05) is 60.0 Å². The number of ether oxygens (including phenoxy) is 1. The molecule has 7 nitrogen and oxygen atoms in total. The summed E-state index contributed by atoms with van der Waals surface area (Å²) in [5.74, 6) is 0.739. The number of hydrogen-bond acceptors (Lipinski definition) is 7. The van der Waals surface area contributed by atoms with Gasteiger partial charge in [-0.15, -0.1) is 11.3 Å². The topological polar surface area (TPSA) is 89.7 Å². The maximum absolute atomic E-state index is 10.8. The zero-order valence-electron chi connectivity index (χ0n) is 16.3. The first-order chi connectivity index (χ1) is 15.2. The lowest BCUT2D eigenvalue weighted by Gasteiger charge is -2.08. The molecule has 0 saturated carbocycles. The van der Waals surface area contributed by atoms with Crippen LogP contribution in [0.5, 0.6) is 5.75 Å². The van der Waals surface area contributed by atoms with Crippen LogP contribution in [0.3, 0.4) is 0 Å². The second-order valence-electron chi connectivity index (χ2n) is 6.52. The van der Waals surface area contributed by atoms with Crippen LogP contribution in [0.1, 0.15) is 11.1 Å². The molecule has 154 valence electrons. The Kier molecular flexibility index (Phi) is 6.29. The summed E-state index contributed by atoms with van der Waals surface area (Å²) in [6, 6.07) is 23.9. The molecule has 4 aromatic rings. The fourth-order valence-electron chi connectivity index (χ4n) is 2.82. The van der Waals surface area contributed by atoms with Gasteiger partial charge in [0, 0.05) is 28.6 Å². The molecule has 0 saturated heterocycles. The summed E-state index contributed by atoms with van der Waals surface area (Å²) >= 11 is 1.40. The summed E-state index contributed by atoms with van der Waals surface area (Å²) in [6.07, 6.45) is 1.69. The number of anilines is 1. The Morgan fingerprint density at radius 1 is 1.03 bits per heavy atom. The Labute approximate surface area is 182 Å². The van der Waals surface area contributed by atoms with Crippen LogP contribution in [0, 0.1) is 10.1 Å². The van der Waals surface area contributed by atoms with Crippen LogP contribution < -0.4 is 10.2 Å². The summed E-state index contributed by atoms with van der Waals surface area (Å²) < 4.78 is 5.93. The number of nitro groups is 1. The molecule has 31 heavy (non-hydrogen) atoms. The summed E-state index contributed by atoms with van der Waals surface area (Å²) in [6.45, 7) is 0.476. The van der Waals surface area contributed by atoms with Gasteiger partial charge in [0.2, 0.25) is 5.13 Å². The second kappa shape index (κ2) is 9.64. The highest BCUT2D eigenvalue weighted by molar-refractivity contribution is 7.14. The van der Waals surface area contributed by atoms with E-state index in [0.717, 1.165) is 28.1 Å². The van der Waals surface area contributed by atoms with Crippen LogP contribution in [0.15, 0.2) is 89.3 Å². The van der Waals surface area contributed by atoms with Crippen LogP contribution in [0.25, 0.3) is 11.3 Å². The van der Waals surface area contributed by atoms with E-state index in [1.54, 1.807) is 18.3 Å². The SMILES string of the molecule is O=[N+]([O-])c1ccc(-c2csc(NN=Cc3ccccc3OCc3ccccc3)n2)cc1. The molecule has 0 atom stereocenters. The number of non-ortho nitro benzene ring substituents is 1. The van der Waals surface area contributed by atoms with Crippen LogP contribution in [0.4, 0.5) is 10.8 Å². The number of benzene rings is 3. The third kappa shape index (κ3) is 5.31. The lowest BCUT2D eigenvalue weighted by Crippen LogP contribution is -1.99. The summed E-state index contributed by atoms with van der Waals surface area (Å²) in [5, 5.41) is 17.5. The molecule has 3 aromatic carbocycles. The molecular weight excluding hydrogens is 412 g/mol. The zero-order valence-corrected chi connectivity index (χ0v) is 17.2. The fourth-order valence-corrected chi connectivity index (χ4v) is 3.49. The van der Waals surface area contributed by atoms with Crippen LogP contribution >= 0.6 is 11.3 Å². The van der Waals surface area contributed by atoms with Gasteiger partial charge in [0.15, 0.2) is 0 Å². The predicted molar refractivity (Wildman–Crippen MR) is 123 cm³/mol. The lowest BCUT2D eigenvalue weighted by atomic mass is 10.1. The van der Waals surface area contributed by atoms with Crippen molar-refractivity contribution >= 4 is 28.4 Å². The van der Waals surface area contributed by atoms with Crippen LogP contribution in [-0.4, -0.2) is 16.1 Å². The van der Waals surface area contributed by atoms with E-state index in [1.165, 1.54) is 23.5 Å². The van der Waals surface area contributed by atoms with E-state index >= 15 is 0 Å². The van der Waals surface area contributed by atoms with Gasteiger partial charge in [-0.3, -0.25) is 15.5 Å². The van der Waals surface area contributed by atoms with Gasteiger partial charge in [-0.05, 0) is 29.8 Å². The summed E-state index contributed by atoms with van der Waals surface area (Å²) in [5.41, 5.74) is 6.45. The highest BCUT2D eigenvalue weighted by atomic mass is 32.1. The van der Waals surface area contributed by atoms with Crippen molar-refractivity contribution in [1.82, 2.24) is 4.98 Å². The molecule has 1 aromatic heterocycles. The van der Waals surface area contributed by atoms with Gasteiger partial charge < -0.3 is 4.74 Å². The molecular formula is C23H18N4O3S. The van der Waals surface area contributed by atoms with Crippen molar-refractivity contribution < 1.29 is 9.66 Å². The highest BCUT2D eigenvalue weighted by Gasteiger charge is 2.08. The fraction of sp³-hybridized carbons (Fsp3) is 0.0435. The first kappa shape index (κ1) is 20.2. The molecule has 0 fully saturated rings. The lowest BCUT2D eigenvalue weighted by molar-refractivity contribution is -0.384. The molecule has 0 amide bonds. The number of thiazole rings is 1. The number of nitrogens with one attached hydrogen (secondary N) is 1. The maximum Gasteiger partial charge on any atom is 0.269 e. The van der Waals surface area contributed by atoms with Crippen molar-refractivity contribution in [3.8, 4) is 17.0 Å². The Bertz CT molecular complexity index is 1190. The highest BCUT2D eigenvalue weighted by Crippen LogP contribution is 2.26. The predicted octanol–water partition coefficient (Wildman–Crippen LogP) is 5.74. The molecule has 1 heterocycles. The minimum Gasteiger partial charge on any atom is -0.488 e. The minimum atomic E-state index is -0.423. The average molecular weight is 430 g/mol. The third-order valence-electron chi connectivity index (χ3n) is 4.40. The Morgan fingerprint density at radius 2 is 1.77 bits per heavy atom. The van der Waals surface area contributed by atoms with E-state index in [9.17, 15) is 10.1 Å². The monoisotopic (exact) mass is 430 g/mol. The zero-order chi connectivity index (χ0) is 21.5. The molecule has 1 N–H and O–H groups in total. The molecule has 0 radical (unpaired) electrons. The Hall–Kier alpha value is -4.04. The number of aromatic nitrogens is 1. The minimum absolute atomic E-state index is 0.0510. The average Bonchev–Trinajstić information content (AvgIpc) is 3.28. The Morgan fingerprint density at radius 3 is 2.55 bits per heavy atom. The van der Waals surface area contributed by atoms with Crippen molar-refractivity contribution in [1.29, 1.82) is 0 Å². The smallest absolute Gasteiger partial charge is 0.269 e. The van der Waals surface area contributed by atoms with E-state index in [2.05, 4.69) is 15.5 Å². The number of para-hydroxylation sites is 1. The number of nitrogens with zero attached hydrogens (tertiary/aromatic N) is 3. The summed E-state index contributed by atoms with van der Waals surface area (Å²) in [7, 11) is 0. The third-order valence-corrected chi connectivity index (χ3v) is 5.15. The van der Waals surface area contributed by atoms with E-state index in [4.69, 9.17) is 4.74 Å². The molecule has 0 aliphatic carbocycles. The Balaban J connectivity index is 1.40. The first-order valence-corrected chi connectivity index (χ1v) is 10.3. The van der Waals surface area contributed by atoms with Crippen LogP contribution in [-0.2, 0) is 6.61 Å². The van der Waals surface area contributed by atoms with Crippen molar-refractivity contribution in [3.63, 3.8) is 0 Å². The van der Waals surface area contributed by atoms with Gasteiger partial charge in [0.25, 0.3) is 5.69 Å². The standard InChI is InChI=1S/C23H18N4O3S/c28-27(29)20-12-10-18(11-13-20)21-16-31-23(25-21)26-24-14-19-8-4-5-9-22(19)30-15-17-6-2-1-3-7-17/h1-14,16H,15H2,(H,25,26). The molecule has 8 heteroatoms. The van der Waals surface area contributed by atoms with Crippen LogP contribution in [0.2, 0.25) is 0 Å². The number of nitro benzene ring substituents is 1. The van der Waals surface area contributed by atoms with Gasteiger partial charge in [-0.1, -0.05) is 42.5 Å². The summed E-state index contributed by atoms with van der Waals surface area (Å²) in [4.78, 5) is 14.8. The molecule has 0 aliphatic heterocycles. The van der Waals surface area contributed by atoms with Gasteiger partial charge >= 0.3 is 0 Å².